The molecule has 2 aliphatic rings. The number of carbonyl (C=O) groups excluding carboxylic acids is 1. The maximum absolute atomic E-state index is 12.3. The Balaban J connectivity index is 1.59. The van der Waals surface area contributed by atoms with Gasteiger partial charge in [0.15, 0.2) is 0 Å². The van der Waals surface area contributed by atoms with Crippen LogP contribution in [0.5, 0.6) is 0 Å². The molecule has 5 nitrogen and oxygen atoms in total. The van der Waals surface area contributed by atoms with Crippen molar-refractivity contribution in [2.75, 3.05) is 26.0 Å². The lowest BCUT2D eigenvalue weighted by molar-refractivity contribution is 0.257. The highest BCUT2D eigenvalue weighted by Crippen LogP contribution is 2.38. The molecule has 0 bridgehead atoms. The highest BCUT2D eigenvalue weighted by Gasteiger charge is 2.24. The van der Waals surface area contributed by atoms with Crippen LogP contribution in [0.1, 0.15) is 42.0 Å². The summed E-state index contributed by atoms with van der Waals surface area (Å²) in [5.74, 6) is 0. The molecule has 0 heterocycles. The first-order chi connectivity index (χ1) is 11.5. The lowest BCUT2D eigenvalue weighted by atomic mass is 9.99. The molecule has 2 aliphatic carbocycles. The van der Waals surface area contributed by atoms with Crippen molar-refractivity contribution in [2.45, 2.75) is 51.5 Å². The van der Waals surface area contributed by atoms with E-state index in [0.29, 0.717) is 6.04 Å². The van der Waals surface area contributed by atoms with E-state index in [1.54, 1.807) is 0 Å². The van der Waals surface area contributed by atoms with Gasteiger partial charge in [-0.15, -0.1) is 0 Å². The van der Waals surface area contributed by atoms with Gasteiger partial charge in [-0.05, 0) is 81.8 Å². The number of amides is 2. The number of aryl methyl sites for hydroxylation is 2. The molecule has 0 radical (unpaired) electrons. The molecule has 0 saturated carbocycles. The largest absolute Gasteiger partial charge is 0.330 e. The zero-order valence-electron chi connectivity index (χ0n) is 14.9. The summed E-state index contributed by atoms with van der Waals surface area (Å²) >= 11 is 1.26. The van der Waals surface area contributed by atoms with Crippen LogP contribution in [0.15, 0.2) is 6.07 Å². The summed E-state index contributed by atoms with van der Waals surface area (Å²) in [6.07, 6.45) is 6.88. The SMILES string of the molecule is CC(CN(C)C)NSNC(=O)Nc1c2c(cc3c1CCC3)CCC2. The van der Waals surface area contributed by atoms with Crippen LogP contribution in [-0.2, 0) is 25.7 Å². The molecule has 0 aromatic heterocycles. The number of urea groups is 1. The van der Waals surface area contributed by atoms with Gasteiger partial charge in [0.25, 0.3) is 0 Å². The second kappa shape index (κ2) is 7.76. The fourth-order valence-electron chi connectivity index (χ4n) is 3.87. The molecule has 24 heavy (non-hydrogen) atoms. The van der Waals surface area contributed by atoms with Gasteiger partial charge in [-0.1, -0.05) is 6.07 Å². The van der Waals surface area contributed by atoms with Gasteiger partial charge < -0.3 is 10.2 Å². The molecule has 1 unspecified atom stereocenters. The van der Waals surface area contributed by atoms with E-state index >= 15 is 0 Å². The summed E-state index contributed by atoms with van der Waals surface area (Å²) in [7, 11) is 4.08. The standard InChI is InChI=1S/C18H28N4OS/c1-12(11-22(2)3)20-24-21-18(23)19-17-15-8-4-6-13(15)10-14-7-5-9-16(14)17/h10,12,20H,4-9,11H2,1-3H3,(H2,19,21,23). The van der Waals surface area contributed by atoms with Gasteiger partial charge in [-0.2, -0.15) is 0 Å². The third-order valence-corrected chi connectivity index (χ3v) is 5.56. The Morgan fingerprint density at radius 2 is 1.79 bits per heavy atom. The van der Waals surface area contributed by atoms with Crippen molar-refractivity contribution in [2.24, 2.45) is 0 Å². The smallest absolute Gasteiger partial charge is 0.308 e. The summed E-state index contributed by atoms with van der Waals surface area (Å²) in [5, 5.41) is 3.14. The molecule has 3 rings (SSSR count). The van der Waals surface area contributed by atoms with Crippen LogP contribution in [-0.4, -0.2) is 37.6 Å². The fourth-order valence-corrected chi connectivity index (χ4v) is 4.35. The molecule has 1 atom stereocenters. The van der Waals surface area contributed by atoms with Gasteiger partial charge in [-0.25, -0.2) is 9.52 Å². The molecule has 0 fully saturated rings. The maximum Gasteiger partial charge on any atom is 0.330 e. The first-order valence-electron chi connectivity index (χ1n) is 8.84. The van der Waals surface area contributed by atoms with Crippen LogP contribution in [0.2, 0.25) is 0 Å². The van der Waals surface area contributed by atoms with Gasteiger partial charge in [0.1, 0.15) is 0 Å². The number of nitrogens with one attached hydrogen (secondary N) is 3. The number of hydrogen-bond donors (Lipinski definition) is 3. The van der Waals surface area contributed by atoms with Crippen molar-refractivity contribution in [3.8, 4) is 0 Å². The molecule has 0 aliphatic heterocycles. The molecular formula is C18H28N4OS. The lowest BCUT2D eigenvalue weighted by Crippen LogP contribution is -2.35. The second-order valence-electron chi connectivity index (χ2n) is 7.17. The van der Waals surface area contributed by atoms with Crippen molar-refractivity contribution in [3.05, 3.63) is 28.3 Å². The lowest BCUT2D eigenvalue weighted by Gasteiger charge is -2.19. The third kappa shape index (κ3) is 4.05. The number of fused-ring (bicyclic) bond motifs is 2. The predicted molar refractivity (Wildman–Crippen MR) is 101 cm³/mol. The number of carbonyl (C=O) groups is 1. The van der Waals surface area contributed by atoms with Crippen LogP contribution >= 0.6 is 12.1 Å². The summed E-state index contributed by atoms with van der Waals surface area (Å²) in [6, 6.07) is 2.54. The average Bonchev–Trinajstić information content (AvgIpc) is 3.14. The van der Waals surface area contributed by atoms with Crippen molar-refractivity contribution in [3.63, 3.8) is 0 Å². The quantitative estimate of drug-likeness (QED) is 0.692. The molecule has 2 amide bonds. The van der Waals surface area contributed by atoms with E-state index < -0.39 is 0 Å². The first kappa shape index (κ1) is 17.6. The van der Waals surface area contributed by atoms with Gasteiger partial charge in [0.2, 0.25) is 0 Å². The Hall–Kier alpha value is -1.24. The maximum atomic E-state index is 12.3. The van der Waals surface area contributed by atoms with Crippen molar-refractivity contribution < 1.29 is 4.79 Å². The molecule has 0 saturated heterocycles. The Labute approximate surface area is 149 Å². The van der Waals surface area contributed by atoms with Crippen LogP contribution in [0.3, 0.4) is 0 Å². The summed E-state index contributed by atoms with van der Waals surface area (Å²) in [4.78, 5) is 14.4. The van der Waals surface area contributed by atoms with E-state index in [2.05, 4.69) is 32.7 Å². The van der Waals surface area contributed by atoms with E-state index in [0.717, 1.165) is 37.9 Å². The molecule has 3 N–H and O–H groups in total. The topological polar surface area (TPSA) is 56.4 Å². The van der Waals surface area contributed by atoms with E-state index in [1.165, 1.54) is 47.2 Å². The Kier molecular flexibility index (Phi) is 5.69. The monoisotopic (exact) mass is 348 g/mol. The molecule has 132 valence electrons. The normalized spacial score (nSPS) is 16.8. The van der Waals surface area contributed by atoms with Crippen LogP contribution in [0.25, 0.3) is 0 Å². The number of rotatable bonds is 6. The molecule has 0 spiro atoms. The Bertz CT molecular complexity index is 585. The zero-order chi connectivity index (χ0) is 17.1. The molecule has 6 heteroatoms. The van der Waals surface area contributed by atoms with Crippen LogP contribution < -0.4 is 14.8 Å². The minimum Gasteiger partial charge on any atom is -0.308 e. The van der Waals surface area contributed by atoms with E-state index in [9.17, 15) is 4.79 Å². The van der Waals surface area contributed by atoms with Crippen molar-refractivity contribution >= 4 is 23.9 Å². The number of nitrogens with zero attached hydrogens (tertiary/aromatic N) is 1. The van der Waals surface area contributed by atoms with Crippen LogP contribution in [0, 0.1) is 0 Å². The van der Waals surface area contributed by atoms with Gasteiger partial charge in [-0.3, -0.25) is 4.72 Å². The Morgan fingerprint density at radius 1 is 1.17 bits per heavy atom. The highest BCUT2D eigenvalue weighted by atomic mass is 32.2. The third-order valence-electron chi connectivity index (χ3n) is 4.75. The number of anilines is 1. The van der Waals surface area contributed by atoms with Gasteiger partial charge in [0, 0.05) is 30.4 Å². The molecular weight excluding hydrogens is 320 g/mol. The second-order valence-corrected chi connectivity index (χ2v) is 7.82. The van der Waals surface area contributed by atoms with E-state index in [1.807, 2.05) is 14.1 Å². The van der Waals surface area contributed by atoms with Crippen molar-refractivity contribution in [1.29, 1.82) is 0 Å². The minimum absolute atomic E-state index is 0.140. The minimum atomic E-state index is -0.140. The predicted octanol–water partition coefficient (Wildman–Crippen LogP) is 2.89. The van der Waals surface area contributed by atoms with E-state index in [4.69, 9.17) is 0 Å². The number of benzene rings is 1. The van der Waals surface area contributed by atoms with E-state index in [-0.39, 0.29) is 6.03 Å². The fraction of sp³-hybridized carbons (Fsp3) is 0.611. The summed E-state index contributed by atoms with van der Waals surface area (Å²) in [5.41, 5.74) is 6.71. The number of likely N-dealkylation sites (N-methyl/N-ethyl adjacent to an activating group) is 1. The summed E-state index contributed by atoms with van der Waals surface area (Å²) in [6.45, 7) is 3.03. The molecule has 1 aromatic rings. The first-order valence-corrected chi connectivity index (χ1v) is 9.66. The zero-order valence-corrected chi connectivity index (χ0v) is 15.7. The van der Waals surface area contributed by atoms with Gasteiger partial charge in [0.05, 0.1) is 0 Å². The Morgan fingerprint density at radius 3 is 2.38 bits per heavy atom. The van der Waals surface area contributed by atoms with Gasteiger partial charge >= 0.3 is 6.03 Å². The van der Waals surface area contributed by atoms with Crippen LogP contribution in [0.4, 0.5) is 10.5 Å². The molecule has 1 aromatic carbocycles. The average molecular weight is 349 g/mol. The highest BCUT2D eigenvalue weighted by molar-refractivity contribution is 7.96. The summed E-state index contributed by atoms with van der Waals surface area (Å²) < 4.78 is 6.09. The number of hydrogen-bond acceptors (Lipinski definition) is 4. The van der Waals surface area contributed by atoms with Crippen molar-refractivity contribution in [1.82, 2.24) is 14.3 Å².